The van der Waals surface area contributed by atoms with E-state index in [0.717, 1.165) is 36.1 Å². The fourth-order valence-electron chi connectivity index (χ4n) is 4.22. The monoisotopic (exact) mass is 560 g/mol. The molecular weight excluding hydrogens is 524 g/mol. The minimum Gasteiger partial charge on any atom is -0.493 e. The van der Waals surface area contributed by atoms with E-state index in [0.29, 0.717) is 36.4 Å². The number of aromatic nitrogens is 1. The quantitative estimate of drug-likeness (QED) is 0.105. The predicted molar refractivity (Wildman–Crippen MR) is 158 cm³/mol. The van der Waals surface area contributed by atoms with E-state index in [1.807, 2.05) is 72.1 Å². The number of para-hydroxylation sites is 1. The summed E-state index contributed by atoms with van der Waals surface area (Å²) < 4.78 is 6.05. The minimum absolute atomic E-state index is 0.238. The summed E-state index contributed by atoms with van der Waals surface area (Å²) in [4.78, 5) is 28.0. The van der Waals surface area contributed by atoms with Crippen LogP contribution in [-0.2, 0) is 11.2 Å². The lowest BCUT2D eigenvalue weighted by molar-refractivity contribution is -0.122. The van der Waals surface area contributed by atoms with Crippen LogP contribution < -0.4 is 4.74 Å². The van der Waals surface area contributed by atoms with Gasteiger partial charge in [-0.1, -0.05) is 62.6 Å². The lowest BCUT2D eigenvalue weighted by Gasteiger charge is -2.29. The molecule has 210 valence electrons. The molecule has 0 bridgehead atoms. The first kappa shape index (κ1) is 30.5. The van der Waals surface area contributed by atoms with Crippen molar-refractivity contribution in [2.75, 3.05) is 13.2 Å². The second-order valence-electron chi connectivity index (χ2n) is 9.09. The molecular formula is C32H36N2O5S. The van der Waals surface area contributed by atoms with Crippen molar-refractivity contribution < 1.29 is 24.5 Å². The maximum absolute atomic E-state index is 13.7. The van der Waals surface area contributed by atoms with E-state index in [1.54, 1.807) is 17.5 Å². The average molecular weight is 561 g/mol. The molecule has 2 N–H and O–H groups in total. The van der Waals surface area contributed by atoms with Crippen LogP contribution in [0.5, 0.6) is 5.75 Å². The number of hydrogen-bond donors (Lipinski definition) is 2. The molecule has 2 aromatic heterocycles. The van der Waals surface area contributed by atoms with Crippen LogP contribution in [0, 0.1) is 0 Å². The molecule has 0 aliphatic carbocycles. The number of hydrogen-bond acceptors (Lipinski definition) is 6. The number of thiophene rings is 1. The van der Waals surface area contributed by atoms with Gasteiger partial charge in [0.15, 0.2) is 6.23 Å². The van der Waals surface area contributed by atoms with Gasteiger partial charge in [-0.2, -0.15) is 11.3 Å². The fraction of sp³-hybridized carbons (Fsp3) is 0.281. The number of aliphatic hydroxyl groups is 1. The molecule has 1 atom stereocenters. The highest BCUT2D eigenvalue weighted by molar-refractivity contribution is 7.08. The molecule has 2 aromatic carbocycles. The molecule has 2 heterocycles. The Bertz CT molecular complexity index is 1280. The molecule has 1 amide bonds. The van der Waals surface area contributed by atoms with Gasteiger partial charge in [0, 0.05) is 36.0 Å². The van der Waals surface area contributed by atoms with Crippen LogP contribution in [-0.4, -0.2) is 45.6 Å². The average Bonchev–Trinajstić information content (AvgIpc) is 3.53. The van der Waals surface area contributed by atoms with Gasteiger partial charge in [0.1, 0.15) is 5.75 Å². The molecule has 0 aliphatic heterocycles. The zero-order chi connectivity index (χ0) is 28.6. The number of benzene rings is 2. The third-order valence-electron chi connectivity index (χ3n) is 6.33. The highest BCUT2D eigenvalue weighted by Gasteiger charge is 2.27. The van der Waals surface area contributed by atoms with Crippen molar-refractivity contribution in [2.45, 2.75) is 45.3 Å². The molecule has 0 saturated heterocycles. The van der Waals surface area contributed by atoms with E-state index in [2.05, 4.69) is 23.4 Å². The summed E-state index contributed by atoms with van der Waals surface area (Å²) in [6.07, 6.45) is 5.51. The van der Waals surface area contributed by atoms with Gasteiger partial charge in [0.05, 0.1) is 6.61 Å². The van der Waals surface area contributed by atoms with Gasteiger partial charge >= 0.3 is 0 Å². The SMILES string of the molecule is CCCCCCOc1ccccc1C(O)N(CCc1ccccn1)C(=O)c1ccc(-c2ccsc2)cc1.O=CO. The van der Waals surface area contributed by atoms with Gasteiger partial charge in [0.25, 0.3) is 12.4 Å². The third-order valence-corrected chi connectivity index (χ3v) is 7.01. The van der Waals surface area contributed by atoms with Crippen molar-refractivity contribution in [3.8, 4) is 16.9 Å². The second-order valence-corrected chi connectivity index (χ2v) is 9.87. The van der Waals surface area contributed by atoms with E-state index >= 15 is 0 Å². The summed E-state index contributed by atoms with van der Waals surface area (Å²) in [5.74, 6) is 0.369. The molecule has 4 aromatic rings. The van der Waals surface area contributed by atoms with Crippen molar-refractivity contribution >= 4 is 23.7 Å². The van der Waals surface area contributed by atoms with E-state index in [4.69, 9.17) is 14.6 Å². The van der Waals surface area contributed by atoms with E-state index in [-0.39, 0.29) is 12.4 Å². The van der Waals surface area contributed by atoms with Crippen molar-refractivity contribution in [1.82, 2.24) is 9.88 Å². The molecule has 0 radical (unpaired) electrons. The van der Waals surface area contributed by atoms with Crippen molar-refractivity contribution in [3.63, 3.8) is 0 Å². The van der Waals surface area contributed by atoms with Gasteiger partial charge in [0.2, 0.25) is 0 Å². The zero-order valence-corrected chi connectivity index (χ0v) is 23.5. The number of carbonyl (C=O) groups excluding carboxylic acids is 1. The Hall–Kier alpha value is -4.01. The maximum Gasteiger partial charge on any atom is 0.290 e. The fourth-order valence-corrected chi connectivity index (χ4v) is 4.88. The van der Waals surface area contributed by atoms with Gasteiger partial charge in [-0.3, -0.25) is 14.6 Å². The molecule has 1 unspecified atom stereocenters. The van der Waals surface area contributed by atoms with Gasteiger partial charge < -0.3 is 19.8 Å². The summed E-state index contributed by atoms with van der Waals surface area (Å²) in [7, 11) is 0. The number of rotatable bonds is 13. The van der Waals surface area contributed by atoms with E-state index < -0.39 is 6.23 Å². The molecule has 0 fully saturated rings. The van der Waals surface area contributed by atoms with Crippen molar-refractivity contribution in [3.05, 3.63) is 107 Å². The summed E-state index contributed by atoms with van der Waals surface area (Å²) in [5.41, 5.74) is 4.15. The van der Waals surface area contributed by atoms with Crippen molar-refractivity contribution in [2.24, 2.45) is 0 Å². The third kappa shape index (κ3) is 9.03. The first-order chi connectivity index (χ1) is 19.6. The van der Waals surface area contributed by atoms with Crippen LogP contribution in [0.3, 0.4) is 0 Å². The van der Waals surface area contributed by atoms with E-state index in [1.165, 1.54) is 11.3 Å². The number of carboxylic acid groups (broad SMARTS) is 1. The molecule has 40 heavy (non-hydrogen) atoms. The number of nitrogens with zero attached hydrogens (tertiary/aromatic N) is 2. The van der Waals surface area contributed by atoms with Gasteiger partial charge in [-0.15, -0.1) is 0 Å². The maximum atomic E-state index is 13.7. The second kappa shape index (κ2) is 16.8. The molecule has 8 heteroatoms. The van der Waals surface area contributed by atoms with Crippen LogP contribution in [0.4, 0.5) is 0 Å². The van der Waals surface area contributed by atoms with Crippen LogP contribution in [0.2, 0.25) is 0 Å². The summed E-state index contributed by atoms with van der Waals surface area (Å²) >= 11 is 1.64. The van der Waals surface area contributed by atoms with Crippen LogP contribution in [0.15, 0.2) is 89.8 Å². The first-order valence-corrected chi connectivity index (χ1v) is 14.3. The number of unbranched alkanes of at least 4 members (excludes halogenated alkanes) is 3. The Morgan fingerprint density at radius 3 is 2.42 bits per heavy atom. The Morgan fingerprint density at radius 2 is 1.75 bits per heavy atom. The largest absolute Gasteiger partial charge is 0.493 e. The summed E-state index contributed by atoms with van der Waals surface area (Å²) in [6.45, 7) is 2.82. The summed E-state index contributed by atoms with van der Waals surface area (Å²) in [6, 6.07) is 22.8. The normalized spacial score (nSPS) is 11.2. The summed E-state index contributed by atoms with van der Waals surface area (Å²) in [5, 5.41) is 22.5. The lowest BCUT2D eigenvalue weighted by atomic mass is 10.1. The van der Waals surface area contributed by atoms with Crippen molar-refractivity contribution in [1.29, 1.82) is 0 Å². The number of aliphatic hydroxyl groups excluding tert-OH is 1. The molecule has 7 nitrogen and oxygen atoms in total. The Labute approximate surface area is 239 Å². The predicted octanol–water partition coefficient (Wildman–Crippen LogP) is 6.85. The van der Waals surface area contributed by atoms with Crippen LogP contribution in [0.1, 0.15) is 60.5 Å². The zero-order valence-electron chi connectivity index (χ0n) is 22.7. The lowest BCUT2D eigenvalue weighted by Crippen LogP contribution is -2.37. The number of pyridine rings is 1. The van der Waals surface area contributed by atoms with Gasteiger partial charge in [-0.05, 0) is 64.7 Å². The van der Waals surface area contributed by atoms with Crippen LogP contribution >= 0.6 is 11.3 Å². The molecule has 0 aliphatic rings. The van der Waals surface area contributed by atoms with Crippen LogP contribution in [0.25, 0.3) is 11.1 Å². The minimum atomic E-state index is -1.15. The number of amides is 1. The topological polar surface area (TPSA) is 100.0 Å². The Balaban J connectivity index is 0.00000141. The smallest absolute Gasteiger partial charge is 0.290 e. The Kier molecular flexibility index (Phi) is 12.9. The Morgan fingerprint density at radius 1 is 1.00 bits per heavy atom. The van der Waals surface area contributed by atoms with Gasteiger partial charge in [-0.25, -0.2) is 0 Å². The molecule has 4 rings (SSSR count). The number of carbonyl (C=O) groups is 2. The first-order valence-electron chi connectivity index (χ1n) is 13.4. The standard InChI is InChI=1S/C31H34N2O3S.CH2O2/c1-2-3-4-9-21-36-29-12-6-5-11-28(29)31(35)33(20-17-27-10-7-8-19-32-27)30(34)25-15-13-24(14-16-25)26-18-22-37-23-26;2-1-3/h5-8,10-16,18-19,22-23,31,35H,2-4,9,17,20-21H2,1H3;1H,(H,2,3). The highest BCUT2D eigenvalue weighted by atomic mass is 32.1. The molecule has 0 saturated carbocycles. The van der Waals surface area contributed by atoms with E-state index in [9.17, 15) is 9.90 Å². The number of ether oxygens (including phenoxy) is 1. The highest BCUT2D eigenvalue weighted by Crippen LogP contribution is 2.30. The molecule has 0 spiro atoms.